The summed E-state index contributed by atoms with van der Waals surface area (Å²) in [4.78, 5) is 2.52. The molecule has 0 spiro atoms. The molecule has 1 fully saturated rings. The molecule has 3 heteroatoms. The molecule has 0 bridgehead atoms. The van der Waals surface area contributed by atoms with Crippen molar-refractivity contribution < 1.29 is 10.2 Å². The summed E-state index contributed by atoms with van der Waals surface area (Å²) in [5.41, 5.74) is 1.14. The predicted octanol–water partition coefficient (Wildman–Crippen LogP) is 3.47. The molecule has 2 rings (SSSR count). The van der Waals surface area contributed by atoms with E-state index in [1.807, 2.05) is 6.07 Å². The fraction of sp³-hybridized carbons (Fsp3) is 0.625. The number of rotatable bonds is 6. The first kappa shape index (κ1) is 14.2. The molecule has 0 aliphatic carbocycles. The van der Waals surface area contributed by atoms with Crippen molar-refractivity contribution in [1.29, 1.82) is 0 Å². The highest BCUT2D eigenvalue weighted by Crippen LogP contribution is 2.33. The smallest absolute Gasteiger partial charge is 0.157 e. The molecule has 1 atom stereocenters. The number of nitrogens with zero attached hydrogens (tertiary/aromatic N) is 1. The van der Waals surface area contributed by atoms with Gasteiger partial charge in [0, 0.05) is 6.54 Å². The Hall–Kier alpha value is -1.22. The van der Waals surface area contributed by atoms with Gasteiger partial charge in [0.15, 0.2) is 11.5 Å². The van der Waals surface area contributed by atoms with Gasteiger partial charge in [-0.3, -0.25) is 0 Å². The van der Waals surface area contributed by atoms with Crippen molar-refractivity contribution in [3.05, 3.63) is 23.8 Å². The summed E-state index contributed by atoms with van der Waals surface area (Å²) in [5, 5.41) is 18.9. The number of hydrogen-bond acceptors (Lipinski definition) is 3. The molecule has 1 aliphatic heterocycles. The predicted molar refractivity (Wildman–Crippen MR) is 77.7 cm³/mol. The molecule has 3 nitrogen and oxygen atoms in total. The van der Waals surface area contributed by atoms with E-state index in [-0.39, 0.29) is 11.5 Å². The third-order valence-electron chi connectivity index (χ3n) is 4.07. The van der Waals surface area contributed by atoms with Crippen LogP contribution >= 0.6 is 0 Å². The molecule has 0 amide bonds. The molecular weight excluding hydrogens is 238 g/mol. The van der Waals surface area contributed by atoms with E-state index in [0.29, 0.717) is 5.92 Å². The van der Waals surface area contributed by atoms with Crippen LogP contribution in [0.1, 0.15) is 50.5 Å². The van der Waals surface area contributed by atoms with Crippen LogP contribution in [-0.2, 0) is 0 Å². The lowest BCUT2D eigenvalue weighted by molar-refractivity contribution is 0.324. The molecule has 2 N–H and O–H groups in total. The second-order valence-electron chi connectivity index (χ2n) is 5.60. The van der Waals surface area contributed by atoms with Crippen molar-refractivity contribution in [2.45, 2.75) is 44.9 Å². The lowest BCUT2D eigenvalue weighted by atomic mass is 9.98. The fourth-order valence-corrected chi connectivity index (χ4v) is 2.86. The number of benzene rings is 1. The normalized spacial score (nSPS) is 19.9. The Morgan fingerprint density at radius 1 is 1.16 bits per heavy atom. The first-order valence-electron chi connectivity index (χ1n) is 7.45. The van der Waals surface area contributed by atoms with Gasteiger partial charge in [-0.1, -0.05) is 32.3 Å². The van der Waals surface area contributed by atoms with E-state index in [9.17, 15) is 10.2 Å². The average Bonchev–Trinajstić information content (AvgIpc) is 2.87. The molecule has 0 aromatic heterocycles. The number of phenolic OH excluding ortho intramolecular Hbond substituents is 2. The Balaban J connectivity index is 1.82. The first-order valence-corrected chi connectivity index (χ1v) is 7.45. The van der Waals surface area contributed by atoms with Gasteiger partial charge in [-0.15, -0.1) is 0 Å². The van der Waals surface area contributed by atoms with E-state index in [2.05, 4.69) is 11.8 Å². The van der Waals surface area contributed by atoms with Crippen molar-refractivity contribution in [1.82, 2.24) is 4.90 Å². The molecule has 1 aromatic carbocycles. The third kappa shape index (κ3) is 3.87. The highest BCUT2D eigenvalue weighted by atomic mass is 16.3. The fourth-order valence-electron chi connectivity index (χ4n) is 2.86. The van der Waals surface area contributed by atoms with E-state index < -0.39 is 0 Å². The zero-order valence-corrected chi connectivity index (χ0v) is 11.8. The van der Waals surface area contributed by atoms with Gasteiger partial charge in [-0.05, 0) is 49.5 Å². The average molecular weight is 263 g/mol. The second kappa shape index (κ2) is 6.80. The van der Waals surface area contributed by atoms with Gasteiger partial charge in [0.2, 0.25) is 0 Å². The lowest BCUT2D eigenvalue weighted by Gasteiger charge is -2.16. The van der Waals surface area contributed by atoms with E-state index in [1.165, 1.54) is 32.2 Å². The first-order chi connectivity index (χ1) is 9.20. The molecule has 19 heavy (non-hydrogen) atoms. The zero-order chi connectivity index (χ0) is 13.7. The Morgan fingerprint density at radius 2 is 2.00 bits per heavy atom. The van der Waals surface area contributed by atoms with Gasteiger partial charge in [0.05, 0.1) is 0 Å². The SMILES string of the molecule is CCCCCCN1CC[C@@H](c2ccc(O)c(O)c2)C1. The summed E-state index contributed by atoms with van der Waals surface area (Å²) < 4.78 is 0. The zero-order valence-electron chi connectivity index (χ0n) is 11.8. The molecule has 0 saturated carbocycles. The van der Waals surface area contributed by atoms with Gasteiger partial charge >= 0.3 is 0 Å². The molecular formula is C16H25NO2. The van der Waals surface area contributed by atoms with Crippen LogP contribution in [0.5, 0.6) is 11.5 Å². The van der Waals surface area contributed by atoms with E-state index in [1.54, 1.807) is 12.1 Å². The topological polar surface area (TPSA) is 43.7 Å². The molecule has 106 valence electrons. The second-order valence-corrected chi connectivity index (χ2v) is 5.60. The minimum absolute atomic E-state index is 0.00102. The van der Waals surface area contributed by atoms with Crippen LogP contribution < -0.4 is 0 Å². The number of hydrogen-bond donors (Lipinski definition) is 2. The minimum atomic E-state index is -0.0295. The number of phenols is 2. The highest BCUT2D eigenvalue weighted by molar-refractivity contribution is 5.42. The number of aromatic hydroxyl groups is 2. The molecule has 0 unspecified atom stereocenters. The van der Waals surface area contributed by atoms with E-state index in [0.717, 1.165) is 25.1 Å². The molecule has 1 aliphatic rings. The van der Waals surface area contributed by atoms with E-state index >= 15 is 0 Å². The van der Waals surface area contributed by atoms with Crippen LogP contribution in [0, 0.1) is 0 Å². The van der Waals surface area contributed by atoms with E-state index in [4.69, 9.17) is 0 Å². The Morgan fingerprint density at radius 3 is 2.74 bits per heavy atom. The van der Waals surface area contributed by atoms with Crippen molar-refractivity contribution >= 4 is 0 Å². The van der Waals surface area contributed by atoms with Crippen molar-refractivity contribution in [2.75, 3.05) is 19.6 Å². The standard InChI is InChI=1S/C16H25NO2/c1-2-3-4-5-9-17-10-8-14(12-17)13-6-7-15(18)16(19)11-13/h6-7,11,14,18-19H,2-5,8-10,12H2,1H3/t14-/m1/s1. The van der Waals surface area contributed by atoms with Crippen LogP contribution in [0.3, 0.4) is 0 Å². The van der Waals surface area contributed by atoms with Crippen molar-refractivity contribution in [2.24, 2.45) is 0 Å². The summed E-state index contributed by atoms with van der Waals surface area (Å²) in [6.45, 7) is 5.67. The van der Waals surface area contributed by atoms with Crippen molar-refractivity contribution in [3.8, 4) is 11.5 Å². The monoisotopic (exact) mass is 263 g/mol. The Bertz CT molecular complexity index is 406. The molecule has 1 aromatic rings. The van der Waals surface area contributed by atoms with Gasteiger partial charge in [-0.2, -0.15) is 0 Å². The summed E-state index contributed by atoms with van der Waals surface area (Å²) in [6.07, 6.45) is 6.40. The van der Waals surface area contributed by atoms with Gasteiger partial charge in [0.25, 0.3) is 0 Å². The van der Waals surface area contributed by atoms with Gasteiger partial charge in [-0.25, -0.2) is 0 Å². The number of likely N-dealkylation sites (tertiary alicyclic amines) is 1. The largest absolute Gasteiger partial charge is 0.504 e. The lowest BCUT2D eigenvalue weighted by Crippen LogP contribution is -2.21. The van der Waals surface area contributed by atoms with Crippen LogP contribution in [-0.4, -0.2) is 34.7 Å². The highest BCUT2D eigenvalue weighted by Gasteiger charge is 2.23. The van der Waals surface area contributed by atoms with Gasteiger partial charge in [0.1, 0.15) is 0 Å². The Labute approximate surface area is 115 Å². The van der Waals surface area contributed by atoms with Crippen LogP contribution in [0.4, 0.5) is 0 Å². The summed E-state index contributed by atoms with van der Waals surface area (Å²) in [6, 6.07) is 5.23. The molecule has 1 saturated heterocycles. The summed E-state index contributed by atoms with van der Waals surface area (Å²) in [7, 11) is 0. The van der Waals surface area contributed by atoms with Crippen LogP contribution in [0.2, 0.25) is 0 Å². The maximum Gasteiger partial charge on any atom is 0.157 e. The van der Waals surface area contributed by atoms with Crippen LogP contribution in [0.25, 0.3) is 0 Å². The molecule has 0 radical (unpaired) electrons. The maximum atomic E-state index is 9.56. The molecule has 1 heterocycles. The quantitative estimate of drug-likeness (QED) is 0.610. The van der Waals surface area contributed by atoms with Gasteiger partial charge < -0.3 is 15.1 Å². The minimum Gasteiger partial charge on any atom is -0.504 e. The van der Waals surface area contributed by atoms with Crippen molar-refractivity contribution in [3.63, 3.8) is 0 Å². The van der Waals surface area contributed by atoms with Crippen LogP contribution in [0.15, 0.2) is 18.2 Å². The maximum absolute atomic E-state index is 9.56. The third-order valence-corrected chi connectivity index (χ3v) is 4.07. The summed E-state index contributed by atoms with van der Waals surface area (Å²) >= 11 is 0. The number of unbranched alkanes of at least 4 members (excludes halogenated alkanes) is 3. The Kier molecular flexibility index (Phi) is 5.08. The summed E-state index contributed by atoms with van der Waals surface area (Å²) in [5.74, 6) is 0.467.